The maximum atomic E-state index is 13.1. The second-order valence-electron chi connectivity index (χ2n) is 6.89. The number of hydrogen-bond donors (Lipinski definition) is 0. The molecule has 0 bridgehead atoms. The van der Waals surface area contributed by atoms with Gasteiger partial charge in [-0.05, 0) is 37.8 Å². The van der Waals surface area contributed by atoms with Gasteiger partial charge < -0.3 is 9.64 Å². The molecule has 1 aromatic rings. The summed E-state index contributed by atoms with van der Waals surface area (Å²) < 4.78 is 44.8. The van der Waals surface area contributed by atoms with E-state index in [4.69, 9.17) is 4.74 Å². The third kappa shape index (κ3) is 3.09. The van der Waals surface area contributed by atoms with Crippen molar-refractivity contribution >= 4 is 5.91 Å². The molecule has 1 saturated carbocycles. The molecule has 3 rings (SSSR count). The van der Waals surface area contributed by atoms with Gasteiger partial charge in [0.15, 0.2) is 0 Å². The Balaban J connectivity index is 1.79. The Kier molecular flexibility index (Phi) is 3.91. The molecule has 1 aromatic carbocycles. The Morgan fingerprint density at radius 2 is 2.00 bits per heavy atom. The van der Waals surface area contributed by atoms with Crippen LogP contribution >= 0.6 is 0 Å². The average molecular weight is 327 g/mol. The highest BCUT2D eigenvalue weighted by atomic mass is 19.4. The number of morpholine rings is 1. The second kappa shape index (κ2) is 5.51. The van der Waals surface area contributed by atoms with E-state index in [9.17, 15) is 18.0 Å². The van der Waals surface area contributed by atoms with Crippen molar-refractivity contribution in [2.45, 2.75) is 37.9 Å². The maximum Gasteiger partial charge on any atom is 0.416 e. The van der Waals surface area contributed by atoms with Crippen LogP contribution in [0.4, 0.5) is 13.2 Å². The summed E-state index contributed by atoms with van der Waals surface area (Å²) in [7, 11) is 0. The number of hydrogen-bond acceptors (Lipinski definition) is 2. The van der Waals surface area contributed by atoms with E-state index >= 15 is 0 Å². The molecule has 6 heteroatoms. The first-order valence-electron chi connectivity index (χ1n) is 7.77. The largest absolute Gasteiger partial charge is 0.416 e. The number of alkyl halides is 3. The molecule has 0 N–H and O–H groups in total. The van der Waals surface area contributed by atoms with Crippen LogP contribution in [-0.4, -0.2) is 36.1 Å². The van der Waals surface area contributed by atoms with Gasteiger partial charge in [-0.15, -0.1) is 0 Å². The van der Waals surface area contributed by atoms with Crippen LogP contribution < -0.4 is 0 Å². The van der Waals surface area contributed by atoms with Crippen molar-refractivity contribution in [2.24, 2.45) is 5.92 Å². The molecule has 1 aliphatic carbocycles. The normalized spacial score (nSPS) is 26.9. The lowest BCUT2D eigenvalue weighted by molar-refractivity contribution is -0.148. The van der Waals surface area contributed by atoms with Crippen LogP contribution in [0.1, 0.15) is 37.3 Å². The number of nitrogens with zero attached hydrogens (tertiary/aromatic N) is 1. The molecule has 0 spiro atoms. The maximum absolute atomic E-state index is 13.1. The summed E-state index contributed by atoms with van der Waals surface area (Å²) >= 11 is 0. The minimum atomic E-state index is -4.38. The summed E-state index contributed by atoms with van der Waals surface area (Å²) in [6, 6.07) is 5.57. The molecule has 0 radical (unpaired) electrons. The van der Waals surface area contributed by atoms with E-state index in [2.05, 4.69) is 0 Å². The summed E-state index contributed by atoms with van der Waals surface area (Å²) in [5.74, 6) is -0.741. The SMILES string of the molecule is CC1(C)COCCN1C(=O)[C@@H]1C[C@@H]1c1ccccc1C(F)(F)F. The molecule has 2 fully saturated rings. The second-order valence-corrected chi connectivity index (χ2v) is 6.89. The van der Waals surface area contributed by atoms with Gasteiger partial charge >= 0.3 is 6.18 Å². The molecule has 1 aliphatic heterocycles. The smallest absolute Gasteiger partial charge is 0.377 e. The molecule has 1 heterocycles. The van der Waals surface area contributed by atoms with Gasteiger partial charge in [0.2, 0.25) is 5.91 Å². The molecular formula is C17H20F3NO2. The summed E-state index contributed by atoms with van der Waals surface area (Å²) in [6.07, 6.45) is -3.90. The Bertz CT molecular complexity index is 612. The van der Waals surface area contributed by atoms with E-state index in [0.29, 0.717) is 26.2 Å². The molecule has 0 unspecified atom stereocenters. The number of amides is 1. The van der Waals surface area contributed by atoms with Gasteiger partial charge in [0.25, 0.3) is 0 Å². The van der Waals surface area contributed by atoms with Gasteiger partial charge in [0.1, 0.15) is 0 Å². The number of rotatable bonds is 2. The zero-order chi connectivity index (χ0) is 16.8. The molecule has 2 aliphatic rings. The Morgan fingerprint density at radius 3 is 2.65 bits per heavy atom. The zero-order valence-corrected chi connectivity index (χ0v) is 13.2. The van der Waals surface area contributed by atoms with Crippen LogP contribution in [0.25, 0.3) is 0 Å². The molecule has 23 heavy (non-hydrogen) atoms. The minimum Gasteiger partial charge on any atom is -0.377 e. The Hall–Kier alpha value is -1.56. The van der Waals surface area contributed by atoms with E-state index < -0.39 is 17.3 Å². The third-order valence-electron chi connectivity index (χ3n) is 4.68. The van der Waals surface area contributed by atoms with E-state index in [1.54, 1.807) is 11.0 Å². The molecule has 0 aromatic heterocycles. The first kappa shape index (κ1) is 16.3. The summed E-state index contributed by atoms with van der Waals surface area (Å²) in [6.45, 7) is 5.27. The van der Waals surface area contributed by atoms with Crippen molar-refractivity contribution in [3.05, 3.63) is 35.4 Å². The molecular weight excluding hydrogens is 307 g/mol. The molecule has 126 valence electrons. The van der Waals surface area contributed by atoms with Crippen LogP contribution in [-0.2, 0) is 15.7 Å². The third-order valence-corrected chi connectivity index (χ3v) is 4.68. The lowest BCUT2D eigenvalue weighted by Crippen LogP contribution is -2.56. The molecule has 1 amide bonds. The van der Waals surface area contributed by atoms with E-state index in [1.807, 2.05) is 13.8 Å². The highest BCUT2D eigenvalue weighted by Gasteiger charge is 2.51. The van der Waals surface area contributed by atoms with Crippen LogP contribution in [0.2, 0.25) is 0 Å². The van der Waals surface area contributed by atoms with Crippen molar-refractivity contribution in [1.82, 2.24) is 4.90 Å². The summed E-state index contributed by atoms with van der Waals surface area (Å²) in [5.41, 5.74) is -0.794. The molecule has 3 nitrogen and oxygen atoms in total. The van der Waals surface area contributed by atoms with E-state index in [-0.39, 0.29) is 23.3 Å². The standard InChI is InChI=1S/C17H20F3NO2/c1-16(2)10-23-8-7-21(16)15(22)13-9-12(13)11-5-3-4-6-14(11)17(18,19)20/h3-6,12-13H,7-10H2,1-2H3/t12-,13-/m1/s1. The topological polar surface area (TPSA) is 29.5 Å². The van der Waals surface area contributed by atoms with Crippen LogP contribution in [0, 0.1) is 5.92 Å². The average Bonchev–Trinajstić information content (AvgIpc) is 3.25. The van der Waals surface area contributed by atoms with Crippen molar-refractivity contribution in [2.75, 3.05) is 19.8 Å². The van der Waals surface area contributed by atoms with Gasteiger partial charge in [-0.3, -0.25) is 4.79 Å². The van der Waals surface area contributed by atoms with Gasteiger partial charge in [-0.2, -0.15) is 13.2 Å². The fourth-order valence-corrected chi connectivity index (χ4v) is 3.36. The predicted molar refractivity (Wildman–Crippen MR) is 78.9 cm³/mol. The van der Waals surface area contributed by atoms with Crippen molar-refractivity contribution in [1.29, 1.82) is 0 Å². The Labute approximate surface area is 133 Å². The zero-order valence-electron chi connectivity index (χ0n) is 13.2. The highest BCUT2D eigenvalue weighted by molar-refractivity contribution is 5.84. The number of carbonyl (C=O) groups is 1. The molecule has 2 atom stereocenters. The lowest BCUT2D eigenvalue weighted by Gasteiger charge is -2.42. The van der Waals surface area contributed by atoms with Crippen LogP contribution in [0.3, 0.4) is 0 Å². The number of benzene rings is 1. The Morgan fingerprint density at radius 1 is 1.30 bits per heavy atom. The number of halogens is 3. The van der Waals surface area contributed by atoms with Crippen molar-refractivity contribution in [3.8, 4) is 0 Å². The summed E-state index contributed by atoms with van der Waals surface area (Å²) in [5, 5.41) is 0. The van der Waals surface area contributed by atoms with Gasteiger partial charge in [-0.25, -0.2) is 0 Å². The number of ether oxygens (including phenoxy) is 1. The monoisotopic (exact) mass is 327 g/mol. The summed E-state index contributed by atoms with van der Waals surface area (Å²) in [4.78, 5) is 14.5. The van der Waals surface area contributed by atoms with Gasteiger partial charge in [0, 0.05) is 12.5 Å². The fraction of sp³-hybridized carbons (Fsp3) is 0.588. The van der Waals surface area contributed by atoms with E-state index in [1.165, 1.54) is 12.1 Å². The van der Waals surface area contributed by atoms with Gasteiger partial charge in [-0.1, -0.05) is 18.2 Å². The number of carbonyl (C=O) groups excluding carboxylic acids is 1. The lowest BCUT2D eigenvalue weighted by atomic mass is 9.99. The molecule has 1 saturated heterocycles. The first-order chi connectivity index (χ1) is 10.7. The van der Waals surface area contributed by atoms with Gasteiger partial charge in [0.05, 0.1) is 24.3 Å². The first-order valence-corrected chi connectivity index (χ1v) is 7.77. The highest BCUT2D eigenvalue weighted by Crippen LogP contribution is 2.52. The minimum absolute atomic E-state index is 0.0553. The van der Waals surface area contributed by atoms with Crippen molar-refractivity contribution < 1.29 is 22.7 Å². The predicted octanol–water partition coefficient (Wildman–Crippen LogP) is 3.45. The van der Waals surface area contributed by atoms with Crippen LogP contribution in [0.15, 0.2) is 24.3 Å². The van der Waals surface area contributed by atoms with Crippen molar-refractivity contribution in [3.63, 3.8) is 0 Å². The van der Waals surface area contributed by atoms with Crippen LogP contribution in [0.5, 0.6) is 0 Å². The van der Waals surface area contributed by atoms with E-state index in [0.717, 1.165) is 6.07 Å². The fourth-order valence-electron chi connectivity index (χ4n) is 3.36. The quantitative estimate of drug-likeness (QED) is 0.833.